The summed E-state index contributed by atoms with van der Waals surface area (Å²) >= 11 is 0. The number of carbonyl (C=O) groups excluding carboxylic acids is 3. The number of aryl methyl sites for hydroxylation is 3. The van der Waals surface area contributed by atoms with Gasteiger partial charge >= 0.3 is 0 Å². The molecule has 1 aliphatic rings. The molecule has 4 bridgehead atoms. The smallest absolute Gasteiger partial charge is 0.272 e. The lowest BCUT2D eigenvalue weighted by molar-refractivity contribution is -0.125. The Bertz CT molecular complexity index is 1430. The largest absolute Gasteiger partial charge is 0.493 e. The van der Waals surface area contributed by atoms with Crippen LogP contribution in [0.1, 0.15) is 65.0 Å². The summed E-state index contributed by atoms with van der Waals surface area (Å²) in [6.07, 6.45) is 2.58. The number of nitrogens with one attached hydrogen (secondary N) is 2. The molecule has 0 fully saturated rings. The van der Waals surface area contributed by atoms with E-state index in [1.54, 1.807) is 39.5 Å². The number of carbonyl (C=O) groups is 3. The van der Waals surface area contributed by atoms with Crippen LogP contribution in [0.25, 0.3) is 0 Å². The minimum absolute atomic E-state index is 0.107. The van der Waals surface area contributed by atoms with E-state index in [1.807, 2.05) is 19.2 Å². The highest BCUT2D eigenvalue weighted by molar-refractivity contribution is 5.98. The Morgan fingerprint density at radius 1 is 1.16 bits per heavy atom. The van der Waals surface area contributed by atoms with Crippen molar-refractivity contribution in [1.29, 1.82) is 0 Å². The van der Waals surface area contributed by atoms with Crippen molar-refractivity contribution in [2.24, 2.45) is 13.0 Å². The maximum atomic E-state index is 13.7. The molecule has 0 radical (unpaired) electrons. The van der Waals surface area contributed by atoms with Gasteiger partial charge in [-0.25, -0.2) is 0 Å². The molecule has 4 rings (SSSR count). The molecule has 2 atom stereocenters. The zero-order valence-electron chi connectivity index (χ0n) is 25.5. The fourth-order valence-corrected chi connectivity index (χ4v) is 4.89. The van der Waals surface area contributed by atoms with Crippen LogP contribution in [-0.2, 0) is 31.2 Å². The van der Waals surface area contributed by atoms with Crippen molar-refractivity contribution >= 4 is 17.7 Å². The van der Waals surface area contributed by atoms with Gasteiger partial charge in [0.1, 0.15) is 17.5 Å². The van der Waals surface area contributed by atoms with Crippen molar-refractivity contribution in [1.82, 2.24) is 40.3 Å². The molecule has 0 saturated carbocycles. The standard InChI is InChI=1S/C30H42N8O5/c1-19(2)15-24-17-25(36(5)34-24)30(42)37-12-9-23-18-38(35-33-23)11-6-14-43-26-16-22(8-7-20(26)3)28(40)32-27(21(4)39)29(41)31-10-13-37/h7-8,16-19,21,27,39H,6,9-15H2,1-5H3,(H,31,41)(H,32,40)/t21-,27+/m1/s1. The number of hydrogen-bond donors (Lipinski definition) is 3. The van der Waals surface area contributed by atoms with Crippen LogP contribution in [0.2, 0.25) is 0 Å². The number of aromatic nitrogens is 5. The number of nitrogens with zero attached hydrogens (tertiary/aromatic N) is 6. The Labute approximate surface area is 251 Å². The number of rotatable bonds is 4. The average molecular weight is 595 g/mol. The molecular weight excluding hydrogens is 552 g/mol. The van der Waals surface area contributed by atoms with Crippen LogP contribution in [0.3, 0.4) is 0 Å². The van der Waals surface area contributed by atoms with Crippen molar-refractivity contribution in [2.45, 2.75) is 65.6 Å². The fraction of sp³-hybridized carbons (Fsp3) is 0.533. The Hall–Kier alpha value is -4.26. The molecule has 0 spiro atoms. The van der Waals surface area contributed by atoms with Crippen molar-refractivity contribution in [2.75, 3.05) is 26.2 Å². The van der Waals surface area contributed by atoms with E-state index < -0.39 is 24.0 Å². The second-order valence-electron chi connectivity index (χ2n) is 11.4. The summed E-state index contributed by atoms with van der Waals surface area (Å²) < 4.78 is 9.28. The van der Waals surface area contributed by atoms with Crippen LogP contribution in [-0.4, -0.2) is 90.9 Å². The number of ether oxygens (including phenoxy) is 1. The number of hydrogen-bond acceptors (Lipinski definition) is 8. The molecule has 2 aromatic heterocycles. The van der Waals surface area contributed by atoms with E-state index in [1.165, 1.54) is 6.92 Å². The van der Waals surface area contributed by atoms with Gasteiger partial charge in [0, 0.05) is 57.8 Å². The molecule has 0 saturated heterocycles. The maximum absolute atomic E-state index is 13.7. The predicted octanol–water partition coefficient (Wildman–Crippen LogP) is 1.28. The van der Waals surface area contributed by atoms with Gasteiger partial charge in [-0.2, -0.15) is 5.10 Å². The monoisotopic (exact) mass is 594 g/mol. The Morgan fingerprint density at radius 3 is 2.70 bits per heavy atom. The highest BCUT2D eigenvalue weighted by Crippen LogP contribution is 2.20. The third kappa shape index (κ3) is 8.40. The minimum Gasteiger partial charge on any atom is -0.493 e. The molecule has 3 N–H and O–H groups in total. The van der Waals surface area contributed by atoms with Gasteiger partial charge in [0.15, 0.2) is 0 Å². The van der Waals surface area contributed by atoms with Gasteiger partial charge in [-0.15, -0.1) is 5.10 Å². The number of amides is 3. The Morgan fingerprint density at radius 2 is 1.95 bits per heavy atom. The number of aliphatic hydroxyl groups is 1. The van der Waals surface area contributed by atoms with Gasteiger partial charge in [-0.1, -0.05) is 25.1 Å². The second kappa shape index (κ2) is 14.3. The summed E-state index contributed by atoms with van der Waals surface area (Å²) in [5.41, 5.74) is 3.20. The van der Waals surface area contributed by atoms with Crippen molar-refractivity contribution in [3.05, 3.63) is 58.7 Å². The van der Waals surface area contributed by atoms with E-state index in [9.17, 15) is 19.5 Å². The molecule has 1 aliphatic heterocycles. The molecule has 0 aliphatic carbocycles. The van der Waals surface area contributed by atoms with Gasteiger partial charge in [0.2, 0.25) is 5.91 Å². The van der Waals surface area contributed by atoms with Crippen molar-refractivity contribution in [3.8, 4) is 5.75 Å². The molecule has 13 nitrogen and oxygen atoms in total. The maximum Gasteiger partial charge on any atom is 0.272 e. The predicted molar refractivity (Wildman–Crippen MR) is 159 cm³/mol. The molecule has 1 aromatic carbocycles. The minimum atomic E-state index is -1.20. The Balaban J connectivity index is 1.56. The van der Waals surface area contributed by atoms with E-state index in [-0.39, 0.29) is 19.0 Å². The third-order valence-electron chi connectivity index (χ3n) is 7.25. The third-order valence-corrected chi connectivity index (χ3v) is 7.25. The van der Waals surface area contributed by atoms with Gasteiger partial charge in [0.25, 0.3) is 11.8 Å². The van der Waals surface area contributed by atoms with E-state index in [4.69, 9.17) is 4.74 Å². The average Bonchev–Trinajstić information content (AvgIpc) is 3.56. The molecule has 3 amide bonds. The molecule has 0 unspecified atom stereocenters. The fourth-order valence-electron chi connectivity index (χ4n) is 4.89. The summed E-state index contributed by atoms with van der Waals surface area (Å²) in [5, 5.41) is 28.8. The second-order valence-corrected chi connectivity index (χ2v) is 11.4. The van der Waals surface area contributed by atoms with E-state index in [2.05, 4.69) is 39.9 Å². The van der Waals surface area contributed by atoms with E-state index >= 15 is 0 Å². The molecule has 43 heavy (non-hydrogen) atoms. The first kappa shape index (κ1) is 31.7. The van der Waals surface area contributed by atoms with Gasteiger partial charge in [-0.3, -0.25) is 23.7 Å². The quantitative estimate of drug-likeness (QED) is 0.408. The lowest BCUT2D eigenvalue weighted by atomic mass is 10.1. The van der Waals surface area contributed by atoms with Gasteiger partial charge in [0.05, 0.1) is 24.1 Å². The summed E-state index contributed by atoms with van der Waals surface area (Å²) in [6, 6.07) is 5.66. The lowest BCUT2D eigenvalue weighted by Crippen LogP contribution is -2.53. The topological polar surface area (TPSA) is 156 Å². The first-order valence-corrected chi connectivity index (χ1v) is 14.7. The van der Waals surface area contributed by atoms with Crippen LogP contribution in [0, 0.1) is 12.8 Å². The molecular formula is C30H42N8O5. The SMILES string of the molecule is Cc1ccc2cc1OCCCn1cc(nn1)CCN(C(=O)c1cc(CC(C)C)nn1C)CCNC(=O)[C@H]([C@@H](C)O)NC2=O. The highest BCUT2D eigenvalue weighted by atomic mass is 16.5. The van der Waals surface area contributed by atoms with Crippen LogP contribution in [0.5, 0.6) is 5.75 Å². The molecule has 232 valence electrons. The number of benzene rings is 1. The van der Waals surface area contributed by atoms with Crippen molar-refractivity contribution in [3.63, 3.8) is 0 Å². The molecule has 13 heteroatoms. The number of aliphatic hydroxyl groups excluding tert-OH is 1. The molecule has 3 heterocycles. The van der Waals surface area contributed by atoms with Crippen LogP contribution < -0.4 is 15.4 Å². The summed E-state index contributed by atoms with van der Waals surface area (Å²) in [4.78, 5) is 41.5. The summed E-state index contributed by atoms with van der Waals surface area (Å²) in [5.74, 6) is -0.338. The zero-order chi connectivity index (χ0) is 31.1. The summed E-state index contributed by atoms with van der Waals surface area (Å²) in [7, 11) is 1.74. The van der Waals surface area contributed by atoms with Crippen LogP contribution in [0.4, 0.5) is 0 Å². The summed E-state index contributed by atoms with van der Waals surface area (Å²) in [6.45, 7) is 9.14. The first-order valence-electron chi connectivity index (χ1n) is 14.7. The number of fused-ring (bicyclic) bond motifs is 4. The normalized spacial score (nSPS) is 18.0. The van der Waals surface area contributed by atoms with Gasteiger partial charge in [-0.05, 0) is 49.9 Å². The highest BCUT2D eigenvalue weighted by Gasteiger charge is 2.27. The van der Waals surface area contributed by atoms with Crippen molar-refractivity contribution < 1.29 is 24.2 Å². The molecule has 3 aromatic rings. The van der Waals surface area contributed by atoms with E-state index in [0.29, 0.717) is 55.5 Å². The zero-order valence-corrected chi connectivity index (χ0v) is 25.5. The lowest BCUT2D eigenvalue weighted by Gasteiger charge is -2.24. The Kier molecular flexibility index (Phi) is 10.5. The van der Waals surface area contributed by atoms with Crippen LogP contribution >= 0.6 is 0 Å². The van der Waals surface area contributed by atoms with Crippen LogP contribution in [0.15, 0.2) is 30.5 Å². The van der Waals surface area contributed by atoms with Gasteiger partial charge < -0.3 is 25.4 Å². The first-order chi connectivity index (χ1) is 20.5. The van der Waals surface area contributed by atoms with E-state index in [0.717, 1.165) is 23.4 Å².